The van der Waals surface area contributed by atoms with Crippen molar-refractivity contribution in [2.24, 2.45) is 5.73 Å². The van der Waals surface area contributed by atoms with Gasteiger partial charge in [0.1, 0.15) is 0 Å². The van der Waals surface area contributed by atoms with Crippen molar-refractivity contribution in [3.8, 4) is 0 Å². The number of nitrogens with two attached hydrogens (primary N) is 1. The van der Waals surface area contributed by atoms with Gasteiger partial charge in [0, 0.05) is 23.5 Å². The molecule has 0 radical (unpaired) electrons. The van der Waals surface area contributed by atoms with Crippen LogP contribution in [0.4, 0.5) is 0 Å². The lowest BCUT2D eigenvalue weighted by Crippen LogP contribution is -2.41. The third kappa shape index (κ3) is 3.30. The molecule has 3 heteroatoms. The van der Waals surface area contributed by atoms with Gasteiger partial charge in [-0.2, -0.15) is 0 Å². The van der Waals surface area contributed by atoms with E-state index < -0.39 is 0 Å². The van der Waals surface area contributed by atoms with E-state index in [2.05, 4.69) is 29.5 Å². The first-order chi connectivity index (χ1) is 7.75. The molecular formula is C13H22N2S. The molecule has 0 spiro atoms. The molecule has 0 bridgehead atoms. The molecule has 2 rings (SSSR count). The average Bonchev–Trinajstić information content (AvgIpc) is 2.78. The molecule has 0 aliphatic heterocycles. The van der Waals surface area contributed by atoms with Gasteiger partial charge < -0.3 is 10.6 Å². The van der Waals surface area contributed by atoms with E-state index in [0.717, 1.165) is 6.54 Å². The SMILES string of the molecule is CN(CCc1cccs1)C1CCCC(N)C1. The smallest absolute Gasteiger partial charge is 0.0107 e. The zero-order valence-electron chi connectivity index (χ0n) is 10.1. The molecule has 1 aromatic rings. The molecule has 2 N–H and O–H groups in total. The summed E-state index contributed by atoms with van der Waals surface area (Å²) < 4.78 is 0. The Hall–Kier alpha value is -0.380. The van der Waals surface area contributed by atoms with E-state index in [-0.39, 0.29) is 0 Å². The van der Waals surface area contributed by atoms with Crippen LogP contribution in [0.25, 0.3) is 0 Å². The van der Waals surface area contributed by atoms with Crippen LogP contribution in [-0.4, -0.2) is 30.6 Å². The van der Waals surface area contributed by atoms with Gasteiger partial charge in [0.25, 0.3) is 0 Å². The number of likely N-dealkylation sites (N-methyl/N-ethyl adjacent to an activating group) is 1. The van der Waals surface area contributed by atoms with Gasteiger partial charge in [-0.1, -0.05) is 12.5 Å². The van der Waals surface area contributed by atoms with Crippen molar-refractivity contribution in [3.63, 3.8) is 0 Å². The standard InChI is InChI=1S/C13H22N2S/c1-15(8-7-13-6-3-9-16-13)12-5-2-4-11(14)10-12/h3,6,9,11-12H,2,4-5,7-8,10,14H2,1H3. The van der Waals surface area contributed by atoms with Gasteiger partial charge in [-0.3, -0.25) is 0 Å². The molecule has 1 aliphatic rings. The summed E-state index contributed by atoms with van der Waals surface area (Å²) in [4.78, 5) is 3.99. The van der Waals surface area contributed by atoms with Crippen LogP contribution in [0.2, 0.25) is 0 Å². The second kappa shape index (κ2) is 5.80. The molecule has 2 unspecified atom stereocenters. The minimum Gasteiger partial charge on any atom is -0.328 e. The van der Waals surface area contributed by atoms with E-state index in [9.17, 15) is 0 Å². The second-order valence-electron chi connectivity index (χ2n) is 4.89. The van der Waals surface area contributed by atoms with E-state index in [1.807, 2.05) is 11.3 Å². The van der Waals surface area contributed by atoms with Crippen LogP contribution in [0.1, 0.15) is 30.6 Å². The van der Waals surface area contributed by atoms with Crippen molar-refractivity contribution in [2.75, 3.05) is 13.6 Å². The Morgan fingerprint density at radius 2 is 2.38 bits per heavy atom. The lowest BCUT2D eigenvalue weighted by molar-refractivity contribution is 0.182. The van der Waals surface area contributed by atoms with Crippen molar-refractivity contribution in [2.45, 2.75) is 44.2 Å². The molecule has 1 aliphatic carbocycles. The molecule has 2 nitrogen and oxygen atoms in total. The number of hydrogen-bond acceptors (Lipinski definition) is 3. The summed E-state index contributed by atoms with van der Waals surface area (Å²) in [6.45, 7) is 1.16. The maximum atomic E-state index is 6.03. The van der Waals surface area contributed by atoms with Crippen LogP contribution >= 0.6 is 11.3 Å². The van der Waals surface area contributed by atoms with Gasteiger partial charge in [0.15, 0.2) is 0 Å². The minimum absolute atomic E-state index is 0.433. The van der Waals surface area contributed by atoms with Crippen molar-refractivity contribution < 1.29 is 0 Å². The zero-order valence-corrected chi connectivity index (χ0v) is 10.9. The molecule has 1 heterocycles. The normalized spacial score (nSPS) is 26.2. The van der Waals surface area contributed by atoms with Crippen LogP contribution in [0.5, 0.6) is 0 Å². The Labute approximate surface area is 102 Å². The molecule has 0 amide bonds. The first kappa shape index (κ1) is 12.1. The van der Waals surface area contributed by atoms with Gasteiger partial charge in [-0.25, -0.2) is 0 Å². The van der Waals surface area contributed by atoms with Gasteiger partial charge >= 0.3 is 0 Å². The lowest BCUT2D eigenvalue weighted by Gasteiger charge is -2.33. The molecular weight excluding hydrogens is 216 g/mol. The predicted octanol–water partition coefficient (Wildman–Crippen LogP) is 2.49. The quantitative estimate of drug-likeness (QED) is 0.873. The summed E-state index contributed by atoms with van der Waals surface area (Å²) in [5.74, 6) is 0. The monoisotopic (exact) mass is 238 g/mol. The molecule has 1 fully saturated rings. The minimum atomic E-state index is 0.433. The van der Waals surface area contributed by atoms with Crippen molar-refractivity contribution in [1.82, 2.24) is 4.90 Å². The Balaban J connectivity index is 1.76. The van der Waals surface area contributed by atoms with Gasteiger partial charge in [0.2, 0.25) is 0 Å². The molecule has 90 valence electrons. The van der Waals surface area contributed by atoms with Gasteiger partial charge in [-0.05, 0) is 44.2 Å². The highest BCUT2D eigenvalue weighted by molar-refractivity contribution is 7.09. The Morgan fingerprint density at radius 3 is 3.06 bits per heavy atom. The fourth-order valence-electron chi connectivity index (χ4n) is 2.53. The van der Waals surface area contributed by atoms with E-state index in [1.165, 1.54) is 37.0 Å². The summed E-state index contributed by atoms with van der Waals surface area (Å²) in [5.41, 5.74) is 6.03. The summed E-state index contributed by atoms with van der Waals surface area (Å²) in [7, 11) is 2.25. The van der Waals surface area contributed by atoms with Crippen LogP contribution in [0, 0.1) is 0 Å². The summed E-state index contributed by atoms with van der Waals surface area (Å²) >= 11 is 1.86. The first-order valence-corrected chi connectivity index (χ1v) is 7.12. The third-order valence-electron chi connectivity index (χ3n) is 3.60. The lowest BCUT2D eigenvalue weighted by atomic mass is 9.91. The van der Waals surface area contributed by atoms with Crippen LogP contribution < -0.4 is 5.73 Å². The zero-order chi connectivity index (χ0) is 11.4. The van der Waals surface area contributed by atoms with E-state index >= 15 is 0 Å². The van der Waals surface area contributed by atoms with Gasteiger partial charge in [0.05, 0.1) is 0 Å². The van der Waals surface area contributed by atoms with Gasteiger partial charge in [-0.15, -0.1) is 11.3 Å². The molecule has 16 heavy (non-hydrogen) atoms. The predicted molar refractivity (Wildman–Crippen MR) is 70.9 cm³/mol. The van der Waals surface area contributed by atoms with E-state index in [0.29, 0.717) is 12.1 Å². The maximum absolute atomic E-state index is 6.03. The highest BCUT2D eigenvalue weighted by Gasteiger charge is 2.22. The Bertz CT molecular complexity index is 297. The van der Waals surface area contributed by atoms with Crippen LogP contribution in [0.15, 0.2) is 17.5 Å². The molecule has 1 aromatic heterocycles. The van der Waals surface area contributed by atoms with Crippen molar-refractivity contribution in [3.05, 3.63) is 22.4 Å². The van der Waals surface area contributed by atoms with Crippen molar-refractivity contribution in [1.29, 1.82) is 0 Å². The fourth-order valence-corrected chi connectivity index (χ4v) is 3.22. The second-order valence-corrected chi connectivity index (χ2v) is 5.92. The number of nitrogens with zero attached hydrogens (tertiary/aromatic N) is 1. The number of rotatable bonds is 4. The average molecular weight is 238 g/mol. The summed E-state index contributed by atoms with van der Waals surface area (Å²) in [6, 6.07) is 5.51. The maximum Gasteiger partial charge on any atom is 0.0107 e. The van der Waals surface area contributed by atoms with Crippen LogP contribution in [0.3, 0.4) is 0 Å². The summed E-state index contributed by atoms with van der Waals surface area (Å²) in [5, 5.41) is 2.16. The molecule has 2 atom stereocenters. The summed E-state index contributed by atoms with van der Waals surface area (Å²) in [6.07, 6.45) is 6.21. The van der Waals surface area contributed by atoms with E-state index in [4.69, 9.17) is 5.73 Å². The van der Waals surface area contributed by atoms with Crippen molar-refractivity contribution >= 4 is 11.3 Å². The number of hydrogen-bond donors (Lipinski definition) is 1. The molecule has 1 saturated carbocycles. The largest absolute Gasteiger partial charge is 0.328 e. The molecule has 0 aromatic carbocycles. The van der Waals surface area contributed by atoms with Crippen LogP contribution in [-0.2, 0) is 6.42 Å². The highest BCUT2D eigenvalue weighted by atomic mass is 32.1. The Morgan fingerprint density at radius 1 is 1.50 bits per heavy atom. The fraction of sp³-hybridized carbons (Fsp3) is 0.692. The molecule has 0 saturated heterocycles. The number of thiophene rings is 1. The Kier molecular flexibility index (Phi) is 4.38. The third-order valence-corrected chi connectivity index (χ3v) is 4.54. The topological polar surface area (TPSA) is 29.3 Å². The van der Waals surface area contributed by atoms with E-state index in [1.54, 1.807) is 0 Å². The first-order valence-electron chi connectivity index (χ1n) is 6.24. The highest BCUT2D eigenvalue weighted by Crippen LogP contribution is 2.21.